The van der Waals surface area contributed by atoms with E-state index in [1.54, 1.807) is 0 Å². The van der Waals surface area contributed by atoms with Crippen LogP contribution in [0.2, 0.25) is 0 Å². The van der Waals surface area contributed by atoms with E-state index in [-0.39, 0.29) is 0 Å². The van der Waals surface area contributed by atoms with Crippen molar-refractivity contribution in [2.45, 2.75) is 13.8 Å². The monoisotopic (exact) mass is 285 g/mol. The zero-order chi connectivity index (χ0) is 10.8. The molecule has 0 atom stereocenters. The van der Waals surface area contributed by atoms with Gasteiger partial charge in [0.25, 0.3) is 5.19 Å². The van der Waals surface area contributed by atoms with Gasteiger partial charge in [-0.15, -0.1) is 0 Å². The lowest BCUT2D eigenvalue weighted by molar-refractivity contribution is 0.471. The third-order valence-electron chi connectivity index (χ3n) is 1.66. The number of nitrogens with zero attached hydrogens (tertiary/aromatic N) is 3. The van der Waals surface area contributed by atoms with Gasteiger partial charge in [0, 0.05) is 17.2 Å². The van der Waals surface area contributed by atoms with Crippen molar-refractivity contribution >= 4 is 27.5 Å². The van der Waals surface area contributed by atoms with E-state index in [0.717, 1.165) is 5.69 Å². The van der Waals surface area contributed by atoms with E-state index in [1.165, 1.54) is 11.5 Å². The first-order valence-electron chi connectivity index (χ1n) is 4.26. The lowest BCUT2D eigenvalue weighted by Gasteiger charge is -2.03. The second kappa shape index (κ2) is 4.24. The normalized spacial score (nSPS) is 10.3. The molecule has 6 heteroatoms. The van der Waals surface area contributed by atoms with Crippen molar-refractivity contribution in [3.8, 4) is 10.9 Å². The van der Waals surface area contributed by atoms with Gasteiger partial charge in [0.15, 0.2) is 5.75 Å². The Morgan fingerprint density at radius 2 is 2.07 bits per heavy atom. The Bertz CT molecular complexity index is 486. The number of pyridine rings is 1. The van der Waals surface area contributed by atoms with E-state index in [0.29, 0.717) is 21.4 Å². The average Bonchev–Trinajstić information content (AvgIpc) is 2.56. The summed E-state index contributed by atoms with van der Waals surface area (Å²) >= 11 is 4.56. The fourth-order valence-electron chi connectivity index (χ4n) is 1.00. The summed E-state index contributed by atoms with van der Waals surface area (Å²) in [5.41, 5.74) is 0.933. The first kappa shape index (κ1) is 10.5. The number of hydrogen-bond acceptors (Lipinski definition) is 5. The highest BCUT2D eigenvalue weighted by Gasteiger charge is 2.07. The van der Waals surface area contributed by atoms with Crippen LogP contribution in [0, 0.1) is 13.8 Å². The molecule has 2 heterocycles. The van der Waals surface area contributed by atoms with Crippen molar-refractivity contribution in [1.29, 1.82) is 0 Å². The molecule has 78 valence electrons. The molecule has 15 heavy (non-hydrogen) atoms. The summed E-state index contributed by atoms with van der Waals surface area (Å²) in [6.07, 6.45) is 0. The Labute approximate surface area is 99.6 Å². The number of hydrogen-bond donors (Lipinski definition) is 0. The van der Waals surface area contributed by atoms with Crippen LogP contribution in [-0.2, 0) is 0 Å². The molecule has 0 bridgehead atoms. The molecular formula is C9H8BrN3OS. The second-order valence-corrected chi connectivity index (χ2v) is 4.42. The molecule has 0 saturated carbocycles. The van der Waals surface area contributed by atoms with Crippen molar-refractivity contribution in [1.82, 2.24) is 14.3 Å². The zero-order valence-corrected chi connectivity index (χ0v) is 10.6. The molecule has 4 nitrogen and oxygen atoms in total. The van der Waals surface area contributed by atoms with Gasteiger partial charge in [0.05, 0.1) is 0 Å². The van der Waals surface area contributed by atoms with Crippen LogP contribution in [0.25, 0.3) is 0 Å². The molecule has 2 rings (SSSR count). The summed E-state index contributed by atoms with van der Waals surface area (Å²) in [6, 6.07) is 3.73. The Morgan fingerprint density at radius 1 is 1.27 bits per heavy atom. The van der Waals surface area contributed by atoms with E-state index < -0.39 is 0 Å². The maximum absolute atomic E-state index is 5.52. The van der Waals surface area contributed by atoms with Crippen molar-refractivity contribution in [2.75, 3.05) is 0 Å². The molecule has 0 amide bonds. The predicted octanol–water partition coefficient (Wildman–Crippen LogP) is 3.10. The van der Waals surface area contributed by atoms with Crippen LogP contribution in [0.15, 0.2) is 16.7 Å². The lowest BCUT2D eigenvalue weighted by Crippen LogP contribution is -1.89. The fraction of sp³-hybridized carbons (Fsp3) is 0.222. The quantitative estimate of drug-likeness (QED) is 0.796. The summed E-state index contributed by atoms with van der Waals surface area (Å²) in [5.74, 6) is 1.36. The summed E-state index contributed by atoms with van der Waals surface area (Å²) in [5, 5.41) is 0.527. The molecule has 0 radical (unpaired) electrons. The highest BCUT2D eigenvalue weighted by Crippen LogP contribution is 2.28. The minimum absolute atomic E-state index is 0.527. The molecular weight excluding hydrogens is 278 g/mol. The Morgan fingerprint density at radius 3 is 2.67 bits per heavy atom. The molecule has 0 fully saturated rings. The molecule has 0 aliphatic carbocycles. The highest BCUT2D eigenvalue weighted by molar-refractivity contribution is 9.10. The standard InChI is InChI=1S/C9H8BrN3OS/c1-5-3-4-7(8(10)11-5)14-9-12-6(2)13-15-9/h3-4H,1-2H3. The first-order valence-corrected chi connectivity index (χ1v) is 5.83. The Kier molecular flexibility index (Phi) is 2.97. The first-order chi connectivity index (χ1) is 7.15. The number of aromatic nitrogens is 3. The third kappa shape index (κ3) is 2.51. The predicted molar refractivity (Wildman–Crippen MR) is 61.4 cm³/mol. The second-order valence-electron chi connectivity index (χ2n) is 2.95. The topological polar surface area (TPSA) is 47.9 Å². The largest absolute Gasteiger partial charge is 0.427 e. The zero-order valence-electron chi connectivity index (χ0n) is 8.19. The van der Waals surface area contributed by atoms with Gasteiger partial charge in [-0.1, -0.05) is 0 Å². The third-order valence-corrected chi connectivity index (χ3v) is 2.91. The average molecular weight is 286 g/mol. The smallest absolute Gasteiger partial charge is 0.298 e. The van der Waals surface area contributed by atoms with Crippen LogP contribution >= 0.6 is 27.5 Å². The molecule has 0 aromatic carbocycles. The maximum Gasteiger partial charge on any atom is 0.298 e. The number of halogens is 1. The molecule has 0 unspecified atom stereocenters. The number of ether oxygens (including phenoxy) is 1. The minimum atomic E-state index is 0.527. The van der Waals surface area contributed by atoms with Crippen molar-refractivity contribution in [3.63, 3.8) is 0 Å². The molecule has 0 aliphatic heterocycles. The van der Waals surface area contributed by atoms with Gasteiger partial charge < -0.3 is 4.74 Å². The Hall–Kier alpha value is -1.01. The molecule has 0 spiro atoms. The van der Waals surface area contributed by atoms with Crippen LogP contribution in [-0.4, -0.2) is 14.3 Å². The van der Waals surface area contributed by atoms with E-state index in [1.807, 2.05) is 26.0 Å². The maximum atomic E-state index is 5.52. The summed E-state index contributed by atoms with van der Waals surface area (Å²) in [4.78, 5) is 8.33. The van der Waals surface area contributed by atoms with Gasteiger partial charge in [0.1, 0.15) is 10.4 Å². The van der Waals surface area contributed by atoms with Crippen LogP contribution in [0.4, 0.5) is 0 Å². The lowest BCUT2D eigenvalue weighted by atomic mass is 10.4. The van der Waals surface area contributed by atoms with Gasteiger partial charge in [-0.25, -0.2) is 4.98 Å². The van der Waals surface area contributed by atoms with Crippen molar-refractivity contribution in [2.24, 2.45) is 0 Å². The van der Waals surface area contributed by atoms with Crippen molar-refractivity contribution in [3.05, 3.63) is 28.3 Å². The molecule has 0 N–H and O–H groups in total. The van der Waals surface area contributed by atoms with Crippen LogP contribution in [0.5, 0.6) is 10.9 Å². The summed E-state index contributed by atoms with van der Waals surface area (Å²) in [6.45, 7) is 3.75. The Balaban J connectivity index is 2.24. The van der Waals surface area contributed by atoms with Crippen LogP contribution in [0.1, 0.15) is 11.5 Å². The van der Waals surface area contributed by atoms with E-state index in [9.17, 15) is 0 Å². The number of rotatable bonds is 2. The minimum Gasteiger partial charge on any atom is -0.427 e. The fourth-order valence-corrected chi connectivity index (χ4v) is 2.05. The summed E-state index contributed by atoms with van der Waals surface area (Å²) in [7, 11) is 0. The SMILES string of the molecule is Cc1ccc(Oc2nc(C)ns2)c(Br)n1. The molecule has 0 aliphatic rings. The van der Waals surface area contributed by atoms with Crippen LogP contribution < -0.4 is 4.74 Å². The van der Waals surface area contributed by atoms with E-state index in [2.05, 4.69) is 30.3 Å². The van der Waals surface area contributed by atoms with Gasteiger partial charge in [-0.05, 0) is 41.9 Å². The number of aryl methyl sites for hydroxylation is 2. The van der Waals surface area contributed by atoms with Gasteiger partial charge in [0.2, 0.25) is 0 Å². The summed E-state index contributed by atoms with van der Waals surface area (Å²) < 4.78 is 10.2. The van der Waals surface area contributed by atoms with E-state index in [4.69, 9.17) is 4.74 Å². The van der Waals surface area contributed by atoms with Gasteiger partial charge in [-0.3, -0.25) is 0 Å². The van der Waals surface area contributed by atoms with Crippen LogP contribution in [0.3, 0.4) is 0 Å². The molecule has 2 aromatic rings. The highest BCUT2D eigenvalue weighted by atomic mass is 79.9. The molecule has 2 aromatic heterocycles. The van der Waals surface area contributed by atoms with Gasteiger partial charge >= 0.3 is 0 Å². The van der Waals surface area contributed by atoms with Gasteiger partial charge in [-0.2, -0.15) is 9.36 Å². The van der Waals surface area contributed by atoms with Crippen molar-refractivity contribution < 1.29 is 4.74 Å². The molecule has 0 saturated heterocycles. The van der Waals surface area contributed by atoms with E-state index >= 15 is 0 Å².